The molecule has 3 heterocycles. The lowest BCUT2D eigenvalue weighted by molar-refractivity contribution is 0.177. The summed E-state index contributed by atoms with van der Waals surface area (Å²) >= 11 is 1.26. The molecule has 3 aromatic rings. The molecule has 1 aliphatic rings. The van der Waals surface area contributed by atoms with E-state index in [1.165, 1.54) is 17.3 Å². The van der Waals surface area contributed by atoms with E-state index in [1.54, 1.807) is 7.11 Å². The zero-order valence-corrected chi connectivity index (χ0v) is 13.7. The van der Waals surface area contributed by atoms with Crippen LogP contribution in [0.3, 0.4) is 0 Å². The third-order valence-corrected chi connectivity index (χ3v) is 4.67. The summed E-state index contributed by atoms with van der Waals surface area (Å²) in [4.78, 5) is 4.51. The summed E-state index contributed by atoms with van der Waals surface area (Å²) in [6.45, 7) is 2.11. The molecule has 8 heteroatoms. The van der Waals surface area contributed by atoms with Crippen molar-refractivity contribution in [2.24, 2.45) is 0 Å². The molecule has 0 fully saturated rings. The van der Waals surface area contributed by atoms with Gasteiger partial charge in [0.15, 0.2) is 5.82 Å². The quantitative estimate of drug-likeness (QED) is 0.764. The number of methoxy groups -OCH3 is 1. The molecule has 0 saturated heterocycles. The van der Waals surface area contributed by atoms with Gasteiger partial charge in [0, 0.05) is 26.1 Å². The van der Waals surface area contributed by atoms with Crippen LogP contribution in [0, 0.1) is 0 Å². The highest BCUT2D eigenvalue weighted by Gasteiger charge is 2.21. The van der Waals surface area contributed by atoms with Gasteiger partial charge in [-0.25, -0.2) is 9.67 Å². The molecule has 23 heavy (non-hydrogen) atoms. The van der Waals surface area contributed by atoms with Crippen molar-refractivity contribution in [2.45, 2.75) is 38.6 Å². The summed E-state index contributed by atoms with van der Waals surface area (Å²) < 4.78 is 15.8. The molecule has 0 spiro atoms. The van der Waals surface area contributed by atoms with E-state index in [0.717, 1.165) is 48.6 Å². The molecular weight excluding hydrogens is 312 g/mol. The van der Waals surface area contributed by atoms with Crippen LogP contribution in [0.2, 0.25) is 0 Å². The van der Waals surface area contributed by atoms with Crippen LogP contribution in [0.1, 0.15) is 23.6 Å². The van der Waals surface area contributed by atoms with Crippen molar-refractivity contribution < 1.29 is 4.74 Å². The van der Waals surface area contributed by atoms with Crippen molar-refractivity contribution in [2.75, 3.05) is 7.11 Å². The van der Waals surface area contributed by atoms with Gasteiger partial charge in [-0.1, -0.05) is 12.1 Å². The summed E-state index contributed by atoms with van der Waals surface area (Å²) in [7, 11) is 1.66. The summed E-state index contributed by atoms with van der Waals surface area (Å²) in [5.41, 5.74) is 3.17. The predicted octanol–water partition coefficient (Wildman–Crippen LogP) is 1.53. The number of nitrogens with zero attached hydrogens (tertiary/aromatic N) is 5. The Hall–Kier alpha value is -1.90. The summed E-state index contributed by atoms with van der Waals surface area (Å²) in [6.07, 6.45) is 2.01. The second-order valence-electron chi connectivity index (χ2n) is 5.72. The molecule has 120 valence electrons. The first kappa shape index (κ1) is 14.7. The molecule has 4 rings (SSSR count). The van der Waals surface area contributed by atoms with Crippen molar-refractivity contribution in [1.29, 1.82) is 0 Å². The lowest BCUT2D eigenvalue weighted by Crippen LogP contribution is -2.37. The van der Waals surface area contributed by atoms with Gasteiger partial charge in [0.25, 0.3) is 0 Å². The fourth-order valence-electron chi connectivity index (χ4n) is 2.98. The van der Waals surface area contributed by atoms with Crippen LogP contribution in [0.15, 0.2) is 18.2 Å². The van der Waals surface area contributed by atoms with Gasteiger partial charge in [-0.05, 0) is 18.1 Å². The fourth-order valence-corrected chi connectivity index (χ4v) is 3.55. The van der Waals surface area contributed by atoms with Crippen LogP contribution in [0.5, 0.6) is 0 Å². The van der Waals surface area contributed by atoms with E-state index in [9.17, 15) is 0 Å². The van der Waals surface area contributed by atoms with Crippen molar-refractivity contribution >= 4 is 22.8 Å². The Balaban J connectivity index is 1.43. The molecule has 0 amide bonds. The Bertz CT molecular complexity index is 813. The summed E-state index contributed by atoms with van der Waals surface area (Å²) in [6, 6.07) is 6.54. The van der Waals surface area contributed by atoms with Gasteiger partial charge in [0.05, 0.1) is 18.3 Å². The summed E-state index contributed by atoms with van der Waals surface area (Å²) in [5, 5.41) is 8.13. The minimum absolute atomic E-state index is 0.390. The molecule has 1 aromatic carbocycles. The monoisotopic (exact) mass is 330 g/mol. The molecule has 0 bridgehead atoms. The van der Waals surface area contributed by atoms with Gasteiger partial charge < -0.3 is 10.1 Å². The van der Waals surface area contributed by atoms with Crippen LogP contribution < -0.4 is 5.32 Å². The first-order valence-electron chi connectivity index (χ1n) is 7.68. The van der Waals surface area contributed by atoms with Crippen molar-refractivity contribution in [3.8, 4) is 0 Å². The van der Waals surface area contributed by atoms with Crippen LogP contribution >= 0.6 is 11.7 Å². The largest absolute Gasteiger partial charge is 0.377 e. The number of fused-ring (bicyclic) bond motifs is 2. The second kappa shape index (κ2) is 6.31. The van der Waals surface area contributed by atoms with Crippen LogP contribution in [0.4, 0.5) is 0 Å². The smallest absolute Gasteiger partial charge is 0.176 e. The number of hydrogen-bond acceptors (Lipinski definition) is 7. The standard InChI is InChI=1S/C15H18N6OS/c1-22-9-13-17-14-6-5-11(8-21(14)18-13)16-7-10-3-2-4-12-15(10)20-23-19-12/h2-4,11,16H,5-9H2,1H3. The highest BCUT2D eigenvalue weighted by molar-refractivity contribution is 7.00. The van der Waals surface area contributed by atoms with E-state index < -0.39 is 0 Å². The summed E-state index contributed by atoms with van der Waals surface area (Å²) in [5.74, 6) is 1.82. The topological polar surface area (TPSA) is 77.8 Å². The average Bonchev–Trinajstić information content (AvgIpc) is 3.18. The maximum Gasteiger partial charge on any atom is 0.176 e. The van der Waals surface area contributed by atoms with Crippen LogP contribution in [0.25, 0.3) is 11.0 Å². The Labute approximate surface area is 138 Å². The lowest BCUT2D eigenvalue weighted by atomic mass is 10.1. The van der Waals surface area contributed by atoms with E-state index in [1.807, 2.05) is 16.8 Å². The Kier molecular flexibility index (Phi) is 4.02. The van der Waals surface area contributed by atoms with E-state index in [4.69, 9.17) is 4.74 Å². The fraction of sp³-hybridized carbons (Fsp3) is 0.467. The zero-order valence-electron chi connectivity index (χ0n) is 12.9. The zero-order chi connectivity index (χ0) is 15.6. The number of hydrogen-bond donors (Lipinski definition) is 1. The highest BCUT2D eigenvalue weighted by Crippen LogP contribution is 2.18. The lowest BCUT2D eigenvalue weighted by Gasteiger charge is -2.23. The molecule has 0 saturated carbocycles. The third-order valence-electron chi connectivity index (χ3n) is 4.13. The first-order valence-corrected chi connectivity index (χ1v) is 8.41. The van der Waals surface area contributed by atoms with E-state index >= 15 is 0 Å². The van der Waals surface area contributed by atoms with Gasteiger partial charge in [-0.3, -0.25) is 0 Å². The Morgan fingerprint density at radius 1 is 1.39 bits per heavy atom. The number of nitrogens with one attached hydrogen (secondary N) is 1. The van der Waals surface area contributed by atoms with Gasteiger partial charge in [0.1, 0.15) is 23.5 Å². The van der Waals surface area contributed by atoms with Gasteiger partial charge in [0.2, 0.25) is 0 Å². The molecular formula is C15H18N6OS. The minimum atomic E-state index is 0.390. The van der Waals surface area contributed by atoms with Crippen LogP contribution in [-0.4, -0.2) is 36.7 Å². The molecule has 0 radical (unpaired) electrons. The van der Waals surface area contributed by atoms with E-state index in [-0.39, 0.29) is 0 Å². The van der Waals surface area contributed by atoms with E-state index in [2.05, 4.69) is 30.2 Å². The highest BCUT2D eigenvalue weighted by atomic mass is 32.1. The molecule has 0 aliphatic carbocycles. The minimum Gasteiger partial charge on any atom is -0.377 e. The van der Waals surface area contributed by atoms with Crippen molar-refractivity contribution in [1.82, 2.24) is 28.8 Å². The average molecular weight is 330 g/mol. The number of benzene rings is 1. The number of rotatable bonds is 5. The molecule has 1 unspecified atom stereocenters. The normalized spacial score (nSPS) is 17.5. The third kappa shape index (κ3) is 2.97. The number of aryl methyl sites for hydroxylation is 1. The van der Waals surface area contributed by atoms with Gasteiger partial charge >= 0.3 is 0 Å². The van der Waals surface area contributed by atoms with Crippen LogP contribution in [-0.2, 0) is 30.9 Å². The maximum atomic E-state index is 5.11. The predicted molar refractivity (Wildman–Crippen MR) is 87.1 cm³/mol. The Morgan fingerprint density at radius 3 is 3.26 bits per heavy atom. The number of ether oxygens (including phenoxy) is 1. The van der Waals surface area contributed by atoms with Gasteiger partial charge in [-0.2, -0.15) is 13.8 Å². The molecule has 2 aromatic heterocycles. The SMILES string of the molecule is COCc1nc2n(n1)CC(NCc1cccc3nsnc13)CC2. The maximum absolute atomic E-state index is 5.11. The molecule has 1 aliphatic heterocycles. The number of aromatic nitrogens is 5. The molecule has 1 N–H and O–H groups in total. The van der Waals surface area contributed by atoms with Crippen molar-refractivity contribution in [3.63, 3.8) is 0 Å². The molecule has 7 nitrogen and oxygen atoms in total. The molecule has 1 atom stereocenters. The Morgan fingerprint density at radius 2 is 2.35 bits per heavy atom. The first-order chi connectivity index (χ1) is 11.3. The van der Waals surface area contributed by atoms with Gasteiger partial charge in [-0.15, -0.1) is 0 Å². The van der Waals surface area contributed by atoms with Crippen molar-refractivity contribution in [3.05, 3.63) is 35.4 Å². The van der Waals surface area contributed by atoms with E-state index in [0.29, 0.717) is 12.6 Å². The second-order valence-corrected chi connectivity index (χ2v) is 6.25.